The first kappa shape index (κ1) is 13.4. The Morgan fingerprint density at radius 3 is 2.27 bits per heavy atom. The summed E-state index contributed by atoms with van der Waals surface area (Å²) in [5.41, 5.74) is 0.227. The van der Waals surface area contributed by atoms with Crippen LogP contribution in [0.3, 0.4) is 0 Å². The number of hydrogen-bond acceptors (Lipinski definition) is 6. The van der Waals surface area contributed by atoms with Gasteiger partial charge in [-0.1, -0.05) is 0 Å². The number of carbonyl (C=O) groups is 1. The van der Waals surface area contributed by atoms with E-state index in [2.05, 4.69) is 9.87 Å². The number of nitrogens with zero attached hydrogens (tertiary/aromatic N) is 1. The number of pyridine rings is 1. The van der Waals surface area contributed by atoms with Gasteiger partial charge in [0.25, 0.3) is 0 Å². The van der Waals surface area contributed by atoms with Crippen LogP contribution in [0.15, 0.2) is 24.5 Å². The van der Waals surface area contributed by atoms with Crippen LogP contribution >= 0.6 is 0 Å². The average molecular weight is 237 g/mol. The molecule has 0 radical (unpaired) electrons. The van der Waals surface area contributed by atoms with Crippen molar-refractivity contribution in [3.05, 3.63) is 30.1 Å². The number of rotatable bonds is 1. The number of hydrogen-bond donors (Lipinski definition) is 3. The summed E-state index contributed by atoms with van der Waals surface area (Å²) in [5.74, 6) is -0.798. The fourth-order valence-electron chi connectivity index (χ4n) is 0.536. The SMILES string of the molecule is O=C(OO)c1cccnc1.O=S(=O)(O)O. The van der Waals surface area contributed by atoms with Crippen molar-refractivity contribution < 1.29 is 32.5 Å². The summed E-state index contributed by atoms with van der Waals surface area (Å²) in [6, 6.07) is 3.07. The van der Waals surface area contributed by atoms with Crippen molar-refractivity contribution in [2.24, 2.45) is 0 Å². The third kappa shape index (κ3) is 8.77. The average Bonchev–Trinajstić information content (AvgIpc) is 2.15. The van der Waals surface area contributed by atoms with Crippen LogP contribution in [0, 0.1) is 0 Å². The highest BCUT2D eigenvalue weighted by Gasteiger charge is 2.03. The molecule has 0 bridgehead atoms. The van der Waals surface area contributed by atoms with Crippen LogP contribution in [0.5, 0.6) is 0 Å². The Bertz CT molecular complexity index is 393. The molecule has 9 heteroatoms. The minimum Gasteiger partial charge on any atom is -0.295 e. The van der Waals surface area contributed by atoms with Gasteiger partial charge in [-0.2, -0.15) is 13.7 Å². The van der Waals surface area contributed by atoms with Gasteiger partial charge in [0.1, 0.15) is 0 Å². The van der Waals surface area contributed by atoms with E-state index in [4.69, 9.17) is 22.8 Å². The molecule has 15 heavy (non-hydrogen) atoms. The van der Waals surface area contributed by atoms with E-state index in [1.54, 1.807) is 6.07 Å². The summed E-state index contributed by atoms with van der Waals surface area (Å²) in [4.78, 5) is 17.6. The molecule has 1 rings (SSSR count). The maximum absolute atomic E-state index is 10.5. The number of aromatic nitrogens is 1. The summed E-state index contributed by atoms with van der Waals surface area (Å²) in [6.45, 7) is 0. The van der Waals surface area contributed by atoms with Crippen molar-refractivity contribution in [2.75, 3.05) is 0 Å². The third-order valence-corrected chi connectivity index (χ3v) is 0.980. The normalized spacial score (nSPS) is 9.80. The van der Waals surface area contributed by atoms with Gasteiger partial charge in [-0.3, -0.25) is 19.0 Å². The first-order valence-electron chi connectivity index (χ1n) is 3.30. The Kier molecular flexibility index (Phi) is 5.41. The molecule has 0 aliphatic carbocycles. The van der Waals surface area contributed by atoms with Crippen LogP contribution < -0.4 is 0 Å². The topological polar surface area (TPSA) is 134 Å². The van der Waals surface area contributed by atoms with Gasteiger partial charge in [-0.25, -0.2) is 4.79 Å². The van der Waals surface area contributed by atoms with Crippen LogP contribution in [0.25, 0.3) is 0 Å². The summed E-state index contributed by atoms with van der Waals surface area (Å²) >= 11 is 0. The zero-order valence-corrected chi connectivity index (χ0v) is 7.96. The Balaban J connectivity index is 0.000000336. The molecule has 0 aromatic carbocycles. The molecule has 0 saturated heterocycles. The molecule has 3 N–H and O–H groups in total. The third-order valence-electron chi connectivity index (χ3n) is 0.980. The molecule has 0 aliphatic rings. The lowest BCUT2D eigenvalue weighted by Crippen LogP contribution is -2.00. The number of carbonyl (C=O) groups excluding carboxylic acids is 1. The van der Waals surface area contributed by atoms with Crippen molar-refractivity contribution in [3.63, 3.8) is 0 Å². The monoisotopic (exact) mass is 237 g/mol. The largest absolute Gasteiger partial charge is 0.394 e. The minimum absolute atomic E-state index is 0.227. The first-order valence-corrected chi connectivity index (χ1v) is 4.70. The molecule has 0 atom stereocenters. The van der Waals surface area contributed by atoms with Crippen molar-refractivity contribution in [1.29, 1.82) is 0 Å². The van der Waals surface area contributed by atoms with Gasteiger partial charge < -0.3 is 0 Å². The second-order valence-electron chi connectivity index (χ2n) is 2.07. The van der Waals surface area contributed by atoms with E-state index >= 15 is 0 Å². The predicted molar refractivity (Wildman–Crippen MR) is 46.5 cm³/mol. The quantitative estimate of drug-likeness (QED) is 0.354. The van der Waals surface area contributed by atoms with E-state index < -0.39 is 16.4 Å². The minimum atomic E-state index is -4.67. The van der Waals surface area contributed by atoms with Crippen LogP contribution in [-0.4, -0.2) is 33.7 Å². The van der Waals surface area contributed by atoms with E-state index in [0.29, 0.717) is 0 Å². The Morgan fingerprint density at radius 2 is 1.93 bits per heavy atom. The Hall–Kier alpha value is -1.55. The van der Waals surface area contributed by atoms with E-state index in [-0.39, 0.29) is 5.56 Å². The fourth-order valence-corrected chi connectivity index (χ4v) is 0.536. The van der Waals surface area contributed by atoms with Gasteiger partial charge >= 0.3 is 16.4 Å². The molecule has 0 fully saturated rings. The van der Waals surface area contributed by atoms with E-state index in [1.807, 2.05) is 0 Å². The van der Waals surface area contributed by atoms with E-state index in [0.717, 1.165) is 0 Å². The predicted octanol–water partition coefficient (Wildman–Crippen LogP) is 0.0586. The van der Waals surface area contributed by atoms with Crippen molar-refractivity contribution in [2.45, 2.75) is 0 Å². The molecular weight excluding hydrogens is 230 g/mol. The Labute approximate surface area is 84.7 Å². The molecule has 0 unspecified atom stereocenters. The molecular formula is C6H7NO7S. The highest BCUT2D eigenvalue weighted by molar-refractivity contribution is 7.79. The standard InChI is InChI=1S/C6H5NO3.H2O4S/c8-6(10-9)5-2-1-3-7-4-5;1-5(2,3)4/h1-4,9H;(H2,1,2,3,4). The van der Waals surface area contributed by atoms with Crippen molar-refractivity contribution in [3.8, 4) is 0 Å². The lowest BCUT2D eigenvalue weighted by molar-refractivity contribution is -0.182. The second kappa shape index (κ2) is 6.03. The Morgan fingerprint density at radius 1 is 1.40 bits per heavy atom. The maximum Gasteiger partial charge on any atom is 0.394 e. The van der Waals surface area contributed by atoms with E-state index in [9.17, 15) is 4.79 Å². The molecule has 1 aromatic heterocycles. The molecule has 0 amide bonds. The van der Waals surface area contributed by atoms with Crippen molar-refractivity contribution in [1.82, 2.24) is 4.98 Å². The van der Waals surface area contributed by atoms with Gasteiger partial charge in [-0.05, 0) is 12.1 Å². The molecule has 0 aliphatic heterocycles. The van der Waals surface area contributed by atoms with Crippen LogP contribution in [0.2, 0.25) is 0 Å². The summed E-state index contributed by atoms with van der Waals surface area (Å²) in [7, 11) is -4.67. The molecule has 1 aromatic rings. The van der Waals surface area contributed by atoms with E-state index in [1.165, 1.54) is 18.5 Å². The van der Waals surface area contributed by atoms with Crippen molar-refractivity contribution >= 4 is 16.4 Å². The lowest BCUT2D eigenvalue weighted by atomic mass is 10.3. The second-order valence-corrected chi connectivity index (χ2v) is 2.96. The molecule has 84 valence electrons. The zero-order valence-electron chi connectivity index (χ0n) is 7.14. The molecule has 8 nitrogen and oxygen atoms in total. The molecule has 0 spiro atoms. The maximum atomic E-state index is 10.5. The van der Waals surface area contributed by atoms with Gasteiger partial charge in [0.2, 0.25) is 0 Å². The van der Waals surface area contributed by atoms with Gasteiger partial charge in [-0.15, -0.1) is 0 Å². The highest BCUT2D eigenvalue weighted by atomic mass is 32.3. The van der Waals surface area contributed by atoms with Gasteiger partial charge in [0, 0.05) is 12.4 Å². The fraction of sp³-hybridized carbons (Fsp3) is 0. The van der Waals surface area contributed by atoms with Gasteiger partial charge in [0.05, 0.1) is 5.56 Å². The zero-order chi connectivity index (χ0) is 11.9. The van der Waals surface area contributed by atoms with Crippen LogP contribution in [-0.2, 0) is 15.3 Å². The smallest absolute Gasteiger partial charge is 0.295 e. The molecule has 0 saturated carbocycles. The summed E-state index contributed by atoms with van der Waals surface area (Å²) < 4.78 is 31.6. The first-order chi connectivity index (χ1) is 6.84. The van der Waals surface area contributed by atoms with Crippen LogP contribution in [0.1, 0.15) is 10.4 Å². The molecule has 1 heterocycles. The summed E-state index contributed by atoms with van der Waals surface area (Å²) in [5, 5.41) is 7.91. The summed E-state index contributed by atoms with van der Waals surface area (Å²) in [6.07, 6.45) is 2.83. The highest BCUT2D eigenvalue weighted by Crippen LogP contribution is 1.96. The van der Waals surface area contributed by atoms with Gasteiger partial charge in [0.15, 0.2) is 0 Å². The lowest BCUT2D eigenvalue weighted by Gasteiger charge is -1.92. The van der Waals surface area contributed by atoms with Crippen LogP contribution in [0.4, 0.5) is 0 Å².